The van der Waals surface area contributed by atoms with Gasteiger partial charge in [0.05, 0.1) is 13.7 Å². The number of ether oxygens (including phenoxy) is 1. The number of hydrogen-bond acceptors (Lipinski definition) is 5. The molecule has 8 heteroatoms. The molecule has 4 rings (SSSR count). The van der Waals surface area contributed by atoms with Gasteiger partial charge >= 0.3 is 0 Å². The van der Waals surface area contributed by atoms with Crippen LogP contribution in [0.2, 0.25) is 0 Å². The molecular weight excluding hydrogens is 414 g/mol. The van der Waals surface area contributed by atoms with Gasteiger partial charge in [0, 0.05) is 24.2 Å². The normalized spacial score (nSPS) is 11.3. The fourth-order valence-corrected chi connectivity index (χ4v) is 4.02. The fourth-order valence-electron chi connectivity index (χ4n) is 4.02. The van der Waals surface area contributed by atoms with Crippen molar-refractivity contribution in [2.45, 2.75) is 32.7 Å². The molecule has 0 aliphatic heterocycles. The fraction of sp³-hybridized carbons (Fsp3) is 0.240. The molecule has 2 aromatic carbocycles. The number of fused-ring (bicyclic) bond motifs is 1. The van der Waals surface area contributed by atoms with Crippen LogP contribution in [-0.2, 0) is 13.0 Å². The SMILES string of the molecule is CCCCc1nc2c(OC)ccnc2n1Cc1ccccc1-c1ccccc1C(=N)N=NN. The molecule has 168 valence electrons. The third-order valence-electron chi connectivity index (χ3n) is 5.63. The molecule has 0 unspecified atom stereocenters. The summed E-state index contributed by atoms with van der Waals surface area (Å²) >= 11 is 0. The lowest BCUT2D eigenvalue weighted by molar-refractivity contribution is 0.418. The molecule has 2 aromatic heterocycles. The van der Waals surface area contributed by atoms with Gasteiger partial charge in [-0.1, -0.05) is 67.1 Å². The predicted molar refractivity (Wildman–Crippen MR) is 130 cm³/mol. The standard InChI is InChI=1S/C25H27N7O/c1-3-4-13-22-29-23-21(33-2)14-15-28-25(23)32(22)16-17-9-5-6-10-18(17)19-11-7-8-12-20(19)24(26)30-31-27/h5-12,14-15H,3-4,13,16H2,1-2H3,(H3,26,27,30). The summed E-state index contributed by atoms with van der Waals surface area (Å²) in [4.78, 5) is 9.52. The lowest BCUT2D eigenvalue weighted by Gasteiger charge is -2.15. The second-order valence-electron chi connectivity index (χ2n) is 7.67. The molecule has 0 amide bonds. The minimum absolute atomic E-state index is 0.0195. The van der Waals surface area contributed by atoms with Crippen molar-refractivity contribution in [1.82, 2.24) is 14.5 Å². The Morgan fingerprint density at radius 3 is 2.61 bits per heavy atom. The van der Waals surface area contributed by atoms with Gasteiger partial charge in [0.25, 0.3) is 0 Å². The monoisotopic (exact) mass is 441 g/mol. The topological polar surface area (TPSA) is 115 Å². The number of unbranched alkanes of at least 4 members (excludes halogenated alkanes) is 1. The van der Waals surface area contributed by atoms with E-state index in [0.29, 0.717) is 12.1 Å². The van der Waals surface area contributed by atoms with Crippen LogP contribution in [-0.4, -0.2) is 27.5 Å². The van der Waals surface area contributed by atoms with Crippen LogP contribution in [0, 0.1) is 5.41 Å². The Hall–Kier alpha value is -4.07. The van der Waals surface area contributed by atoms with Crippen LogP contribution in [0.25, 0.3) is 22.3 Å². The number of nitrogens with one attached hydrogen (secondary N) is 1. The van der Waals surface area contributed by atoms with Crippen LogP contribution in [0.5, 0.6) is 5.75 Å². The van der Waals surface area contributed by atoms with Crippen molar-refractivity contribution in [3.05, 3.63) is 77.7 Å². The minimum Gasteiger partial charge on any atom is -0.494 e. The molecule has 0 radical (unpaired) electrons. The molecule has 0 aliphatic carbocycles. The highest BCUT2D eigenvalue weighted by molar-refractivity contribution is 6.03. The van der Waals surface area contributed by atoms with Gasteiger partial charge in [-0.3, -0.25) is 5.41 Å². The third-order valence-corrected chi connectivity index (χ3v) is 5.63. The highest BCUT2D eigenvalue weighted by atomic mass is 16.5. The Labute approximate surface area is 192 Å². The van der Waals surface area contributed by atoms with Crippen LogP contribution >= 0.6 is 0 Å². The van der Waals surface area contributed by atoms with Gasteiger partial charge in [0.1, 0.15) is 17.1 Å². The van der Waals surface area contributed by atoms with Crippen molar-refractivity contribution in [3.63, 3.8) is 0 Å². The van der Waals surface area contributed by atoms with Crippen LogP contribution < -0.4 is 10.6 Å². The molecule has 8 nitrogen and oxygen atoms in total. The van der Waals surface area contributed by atoms with Crippen molar-refractivity contribution in [1.29, 1.82) is 5.41 Å². The average molecular weight is 442 g/mol. The van der Waals surface area contributed by atoms with Crippen molar-refractivity contribution in [2.75, 3.05) is 7.11 Å². The Balaban J connectivity index is 1.84. The van der Waals surface area contributed by atoms with Gasteiger partial charge in [-0.25, -0.2) is 9.97 Å². The van der Waals surface area contributed by atoms with Crippen LogP contribution in [0.4, 0.5) is 0 Å². The van der Waals surface area contributed by atoms with E-state index in [9.17, 15) is 0 Å². The second-order valence-corrected chi connectivity index (χ2v) is 7.67. The Morgan fingerprint density at radius 2 is 1.85 bits per heavy atom. The number of nitrogens with zero attached hydrogens (tertiary/aromatic N) is 5. The zero-order valence-electron chi connectivity index (χ0n) is 18.8. The number of methoxy groups -OCH3 is 1. The summed E-state index contributed by atoms with van der Waals surface area (Å²) in [6.45, 7) is 2.76. The summed E-state index contributed by atoms with van der Waals surface area (Å²) in [7, 11) is 1.65. The van der Waals surface area contributed by atoms with E-state index in [-0.39, 0.29) is 5.84 Å². The van der Waals surface area contributed by atoms with Gasteiger partial charge in [-0.15, -0.1) is 5.11 Å². The lowest BCUT2D eigenvalue weighted by Crippen LogP contribution is -2.08. The number of pyridine rings is 1. The van der Waals surface area contributed by atoms with E-state index in [1.165, 1.54) is 0 Å². The van der Waals surface area contributed by atoms with Crippen LogP contribution in [0.3, 0.4) is 0 Å². The summed E-state index contributed by atoms with van der Waals surface area (Å²) in [5.41, 5.74) is 5.24. The molecule has 0 saturated carbocycles. The van der Waals surface area contributed by atoms with Gasteiger partial charge in [-0.2, -0.15) is 0 Å². The maximum absolute atomic E-state index is 8.27. The Kier molecular flexibility index (Phi) is 6.73. The van der Waals surface area contributed by atoms with E-state index in [1.54, 1.807) is 13.3 Å². The van der Waals surface area contributed by atoms with Crippen molar-refractivity contribution >= 4 is 17.0 Å². The van der Waals surface area contributed by atoms with Crippen LogP contribution in [0.15, 0.2) is 71.1 Å². The summed E-state index contributed by atoms with van der Waals surface area (Å²) in [5, 5.41) is 15.3. The van der Waals surface area contributed by atoms with Gasteiger partial charge < -0.3 is 15.1 Å². The number of benzene rings is 2. The predicted octanol–water partition coefficient (Wildman–Crippen LogP) is 5.15. The number of aryl methyl sites for hydroxylation is 1. The minimum atomic E-state index is 0.0195. The number of rotatable bonds is 8. The van der Waals surface area contributed by atoms with E-state index in [0.717, 1.165) is 58.7 Å². The zero-order chi connectivity index (χ0) is 23.2. The summed E-state index contributed by atoms with van der Waals surface area (Å²) in [6.07, 6.45) is 4.73. The maximum Gasteiger partial charge on any atom is 0.176 e. The van der Waals surface area contributed by atoms with Gasteiger partial charge in [0.15, 0.2) is 11.5 Å². The van der Waals surface area contributed by atoms with Crippen molar-refractivity contribution in [3.8, 4) is 16.9 Å². The van der Waals surface area contributed by atoms with Gasteiger partial charge in [-0.05, 0) is 23.1 Å². The van der Waals surface area contributed by atoms with E-state index in [4.69, 9.17) is 21.0 Å². The van der Waals surface area contributed by atoms with Gasteiger partial charge in [0.2, 0.25) is 0 Å². The van der Waals surface area contributed by atoms with Crippen molar-refractivity contribution in [2.24, 2.45) is 16.2 Å². The molecule has 0 bridgehead atoms. The molecule has 2 heterocycles. The third kappa shape index (κ3) is 4.45. The van der Waals surface area contributed by atoms with E-state index >= 15 is 0 Å². The first-order valence-electron chi connectivity index (χ1n) is 10.9. The summed E-state index contributed by atoms with van der Waals surface area (Å²) in [5.74, 6) is 6.92. The highest BCUT2D eigenvalue weighted by Crippen LogP contribution is 2.31. The number of amidine groups is 1. The molecule has 0 aliphatic rings. The molecule has 0 spiro atoms. The highest BCUT2D eigenvalue weighted by Gasteiger charge is 2.18. The summed E-state index contributed by atoms with van der Waals surface area (Å²) in [6, 6.07) is 17.7. The Morgan fingerprint density at radius 1 is 1.09 bits per heavy atom. The molecule has 0 fully saturated rings. The molecular formula is C25H27N7O. The molecule has 0 saturated heterocycles. The second kappa shape index (κ2) is 10.0. The maximum atomic E-state index is 8.27. The van der Waals surface area contributed by atoms with E-state index < -0.39 is 0 Å². The molecule has 33 heavy (non-hydrogen) atoms. The number of imidazole rings is 1. The largest absolute Gasteiger partial charge is 0.494 e. The number of hydrogen-bond donors (Lipinski definition) is 2. The quantitative estimate of drug-likeness (QED) is 0.129. The van der Waals surface area contributed by atoms with Crippen molar-refractivity contribution < 1.29 is 4.74 Å². The first kappa shape index (κ1) is 22.1. The molecule has 4 aromatic rings. The smallest absolute Gasteiger partial charge is 0.176 e. The first-order chi connectivity index (χ1) is 16.2. The molecule has 0 atom stereocenters. The number of aromatic nitrogens is 3. The Bertz CT molecular complexity index is 1310. The average Bonchev–Trinajstić information content (AvgIpc) is 3.20. The first-order valence-corrected chi connectivity index (χ1v) is 10.9. The zero-order valence-corrected chi connectivity index (χ0v) is 18.8. The summed E-state index contributed by atoms with van der Waals surface area (Å²) < 4.78 is 7.71. The number of nitrogens with two attached hydrogens (primary N) is 1. The molecule has 3 N–H and O–H groups in total. The van der Waals surface area contributed by atoms with Crippen LogP contribution in [0.1, 0.15) is 36.7 Å². The lowest BCUT2D eigenvalue weighted by atomic mass is 9.94. The van der Waals surface area contributed by atoms with E-state index in [1.807, 2.05) is 42.5 Å². The van der Waals surface area contributed by atoms with E-state index in [2.05, 4.69) is 38.9 Å².